The fourth-order valence-corrected chi connectivity index (χ4v) is 4.68. The zero-order valence-electron chi connectivity index (χ0n) is 20.9. The van der Waals surface area contributed by atoms with E-state index < -0.39 is 11.6 Å². The summed E-state index contributed by atoms with van der Waals surface area (Å²) >= 11 is 12.3. The molecule has 5 aromatic rings. The summed E-state index contributed by atoms with van der Waals surface area (Å²) in [5, 5.41) is 12.2. The van der Waals surface area contributed by atoms with Gasteiger partial charge in [-0.15, -0.1) is 5.10 Å². The van der Waals surface area contributed by atoms with Crippen LogP contribution in [0.15, 0.2) is 71.8 Å². The van der Waals surface area contributed by atoms with E-state index in [2.05, 4.69) is 20.6 Å². The van der Waals surface area contributed by atoms with E-state index in [0.717, 1.165) is 5.39 Å². The van der Waals surface area contributed by atoms with E-state index in [9.17, 15) is 9.59 Å². The van der Waals surface area contributed by atoms with Gasteiger partial charge in [0.1, 0.15) is 17.6 Å². The van der Waals surface area contributed by atoms with Crippen molar-refractivity contribution >= 4 is 51.5 Å². The molecule has 0 saturated carbocycles. The lowest BCUT2D eigenvalue weighted by molar-refractivity contribution is -0.119. The Balaban J connectivity index is 1.51. The van der Waals surface area contributed by atoms with Crippen LogP contribution in [0.5, 0.6) is 5.75 Å². The fraction of sp³-hybridized carbons (Fsp3) is 0.148. The van der Waals surface area contributed by atoms with Crippen LogP contribution in [0.25, 0.3) is 27.7 Å². The standard InChI is InChI=1S/C27H23Cl2N7O3/c1-3-21(27(38)31-17-6-7-20-15(10-17)4-9-25(30)32-20)35-13-23(39-2)19(12-26(35)37)18-11-16(28)5-8-22(18)36-14-24(29)33-34-36/h4-14,21H,3H2,1-2H3,(H2,30,32)(H,31,38). The van der Waals surface area contributed by atoms with Gasteiger partial charge in [0.25, 0.3) is 5.56 Å². The largest absolute Gasteiger partial charge is 0.495 e. The zero-order valence-corrected chi connectivity index (χ0v) is 22.4. The monoisotopic (exact) mass is 563 g/mol. The van der Waals surface area contributed by atoms with Crippen molar-refractivity contribution in [3.63, 3.8) is 0 Å². The van der Waals surface area contributed by atoms with E-state index in [-0.39, 0.29) is 11.1 Å². The molecular formula is C27H23Cl2N7O3. The molecule has 0 spiro atoms. The third kappa shape index (κ3) is 5.29. The van der Waals surface area contributed by atoms with Crippen molar-refractivity contribution in [2.75, 3.05) is 18.2 Å². The van der Waals surface area contributed by atoms with Crippen LogP contribution in [0.1, 0.15) is 19.4 Å². The van der Waals surface area contributed by atoms with E-state index in [1.165, 1.54) is 34.8 Å². The summed E-state index contributed by atoms with van der Waals surface area (Å²) in [6, 6.07) is 14.6. The first-order chi connectivity index (χ1) is 18.8. The number of nitrogens with zero attached hydrogens (tertiary/aromatic N) is 5. The van der Waals surface area contributed by atoms with Crippen LogP contribution in [0, 0.1) is 0 Å². The van der Waals surface area contributed by atoms with E-state index in [0.29, 0.717) is 51.0 Å². The Morgan fingerprint density at radius 2 is 1.90 bits per heavy atom. The predicted octanol–water partition coefficient (Wildman–Crippen LogP) is 5.13. The Hall–Kier alpha value is -4.41. The molecule has 198 valence electrons. The molecule has 39 heavy (non-hydrogen) atoms. The molecule has 12 heteroatoms. The molecule has 3 aromatic heterocycles. The smallest absolute Gasteiger partial charge is 0.252 e. The van der Waals surface area contributed by atoms with Gasteiger partial charge in [-0.05, 0) is 55.0 Å². The second-order valence-corrected chi connectivity index (χ2v) is 9.53. The van der Waals surface area contributed by atoms with Crippen LogP contribution >= 0.6 is 23.2 Å². The van der Waals surface area contributed by atoms with Gasteiger partial charge in [0.15, 0.2) is 5.15 Å². The lowest BCUT2D eigenvalue weighted by Gasteiger charge is -2.21. The average molecular weight is 564 g/mol. The molecule has 3 N–H and O–H groups in total. The maximum absolute atomic E-state index is 13.4. The van der Waals surface area contributed by atoms with Crippen LogP contribution in [-0.2, 0) is 4.79 Å². The molecule has 3 heterocycles. The minimum Gasteiger partial charge on any atom is -0.495 e. The Morgan fingerprint density at radius 3 is 2.62 bits per heavy atom. The topological polar surface area (TPSA) is 130 Å². The van der Waals surface area contributed by atoms with E-state index in [1.54, 1.807) is 42.5 Å². The summed E-state index contributed by atoms with van der Waals surface area (Å²) in [5.41, 5.74) is 8.28. The van der Waals surface area contributed by atoms with Gasteiger partial charge in [-0.1, -0.05) is 35.3 Å². The number of amides is 1. The molecule has 1 amide bonds. The van der Waals surface area contributed by atoms with Crippen LogP contribution in [0.4, 0.5) is 11.5 Å². The number of nitrogens with two attached hydrogens (primary N) is 1. The zero-order chi connectivity index (χ0) is 27.7. The number of halogens is 2. The summed E-state index contributed by atoms with van der Waals surface area (Å²) in [5.74, 6) is 0.430. The molecule has 0 aliphatic heterocycles. The number of pyridine rings is 2. The fourth-order valence-electron chi connectivity index (χ4n) is 4.38. The highest BCUT2D eigenvalue weighted by atomic mass is 35.5. The highest BCUT2D eigenvalue weighted by Gasteiger charge is 2.23. The number of nitrogen functional groups attached to an aromatic ring is 1. The van der Waals surface area contributed by atoms with Crippen molar-refractivity contribution in [1.82, 2.24) is 24.5 Å². The van der Waals surface area contributed by atoms with Crippen LogP contribution in [0.3, 0.4) is 0 Å². The minimum absolute atomic E-state index is 0.210. The summed E-state index contributed by atoms with van der Waals surface area (Å²) in [6.45, 7) is 1.83. The first-order valence-corrected chi connectivity index (χ1v) is 12.7. The third-order valence-corrected chi connectivity index (χ3v) is 6.64. The number of carbonyl (C=O) groups is 1. The lowest BCUT2D eigenvalue weighted by Crippen LogP contribution is -2.32. The molecule has 0 aliphatic carbocycles. The first-order valence-electron chi connectivity index (χ1n) is 11.9. The first kappa shape index (κ1) is 26.2. The number of rotatable bonds is 7. The summed E-state index contributed by atoms with van der Waals surface area (Å²) < 4.78 is 8.50. The number of hydrogen-bond donors (Lipinski definition) is 2. The summed E-state index contributed by atoms with van der Waals surface area (Å²) in [4.78, 5) is 31.0. The highest BCUT2D eigenvalue weighted by Crippen LogP contribution is 2.35. The van der Waals surface area contributed by atoms with Crippen molar-refractivity contribution in [3.8, 4) is 22.6 Å². The second kappa shape index (κ2) is 10.8. The van der Waals surface area contributed by atoms with Crippen LogP contribution in [0.2, 0.25) is 10.2 Å². The molecule has 10 nitrogen and oxygen atoms in total. The van der Waals surface area contributed by atoms with E-state index in [4.69, 9.17) is 33.7 Å². The van der Waals surface area contributed by atoms with Gasteiger partial charge in [-0.3, -0.25) is 14.2 Å². The number of hydrogen-bond acceptors (Lipinski definition) is 7. The molecule has 1 unspecified atom stereocenters. The average Bonchev–Trinajstić information content (AvgIpc) is 3.35. The van der Waals surface area contributed by atoms with E-state index in [1.807, 2.05) is 13.0 Å². The molecule has 0 aliphatic rings. The molecule has 0 saturated heterocycles. The lowest BCUT2D eigenvalue weighted by atomic mass is 10.0. The Morgan fingerprint density at radius 1 is 1.08 bits per heavy atom. The van der Waals surface area contributed by atoms with Crippen LogP contribution < -0.4 is 21.3 Å². The molecule has 5 rings (SSSR count). The SMILES string of the molecule is CCC(C(=O)Nc1ccc2nc(N)ccc2c1)n1cc(OC)c(-c2cc(Cl)ccc2-n2cc(Cl)nn2)cc1=O. The molecule has 0 radical (unpaired) electrons. The predicted molar refractivity (Wildman–Crippen MR) is 152 cm³/mol. The third-order valence-electron chi connectivity index (χ3n) is 6.23. The quantitative estimate of drug-likeness (QED) is 0.280. The van der Waals surface area contributed by atoms with Crippen molar-refractivity contribution in [2.45, 2.75) is 19.4 Å². The summed E-state index contributed by atoms with van der Waals surface area (Å²) in [7, 11) is 1.49. The molecule has 1 atom stereocenters. The van der Waals surface area contributed by atoms with Gasteiger partial charge < -0.3 is 15.8 Å². The van der Waals surface area contributed by atoms with E-state index >= 15 is 0 Å². The molecular weight excluding hydrogens is 541 g/mol. The molecule has 0 fully saturated rings. The van der Waals surface area contributed by atoms with Gasteiger partial charge in [0, 0.05) is 33.3 Å². The van der Waals surface area contributed by atoms with Gasteiger partial charge in [-0.2, -0.15) is 0 Å². The summed E-state index contributed by atoms with van der Waals surface area (Å²) in [6.07, 6.45) is 3.43. The Bertz CT molecular complexity index is 1770. The number of fused-ring (bicyclic) bond motifs is 1. The maximum Gasteiger partial charge on any atom is 0.252 e. The number of anilines is 2. The van der Waals surface area contributed by atoms with Crippen molar-refractivity contribution in [2.24, 2.45) is 0 Å². The number of methoxy groups -OCH3 is 1. The van der Waals surface area contributed by atoms with Crippen LogP contribution in [-0.4, -0.2) is 37.6 Å². The highest BCUT2D eigenvalue weighted by molar-refractivity contribution is 6.31. The second-order valence-electron chi connectivity index (χ2n) is 8.71. The Kier molecular flexibility index (Phi) is 7.23. The number of aromatic nitrogens is 5. The minimum atomic E-state index is -0.798. The molecule has 2 aromatic carbocycles. The van der Waals surface area contributed by atoms with Gasteiger partial charge in [-0.25, -0.2) is 9.67 Å². The maximum atomic E-state index is 13.4. The van der Waals surface area contributed by atoms with Gasteiger partial charge in [0.2, 0.25) is 5.91 Å². The number of carbonyl (C=O) groups excluding carboxylic acids is 1. The van der Waals surface area contributed by atoms with Crippen molar-refractivity contribution in [1.29, 1.82) is 0 Å². The number of ether oxygens (including phenoxy) is 1. The molecule has 0 bridgehead atoms. The number of benzene rings is 2. The van der Waals surface area contributed by atoms with Gasteiger partial charge >= 0.3 is 0 Å². The normalized spacial score (nSPS) is 11.9. The van der Waals surface area contributed by atoms with Crippen molar-refractivity contribution < 1.29 is 9.53 Å². The van der Waals surface area contributed by atoms with Gasteiger partial charge in [0.05, 0.1) is 30.7 Å². The van der Waals surface area contributed by atoms with Crippen molar-refractivity contribution in [3.05, 3.63) is 87.5 Å². The Labute approximate surface area is 232 Å². The number of nitrogens with one attached hydrogen (secondary N) is 1.